The highest BCUT2D eigenvalue weighted by Gasteiger charge is 2.21. The number of hydrogen-bond donors (Lipinski definition) is 2. The van der Waals surface area contributed by atoms with Crippen LogP contribution in [0.1, 0.15) is 17.3 Å². The molecule has 3 N–H and O–H groups in total. The minimum atomic E-state index is -0.401. The van der Waals surface area contributed by atoms with Crippen molar-refractivity contribution in [3.63, 3.8) is 0 Å². The van der Waals surface area contributed by atoms with Crippen LogP contribution in [0.4, 0.5) is 0 Å². The summed E-state index contributed by atoms with van der Waals surface area (Å²) >= 11 is 12.2. The standard InChI is InChI=1S/C13H13Cl2N3O/c1-19-11-5-4-8(14)7-9(11)12(18-16)13-10(15)3-2-6-17-13/h2-7,12,18H,16H2,1H3. The van der Waals surface area contributed by atoms with Crippen molar-refractivity contribution in [1.82, 2.24) is 10.4 Å². The molecular weight excluding hydrogens is 285 g/mol. The van der Waals surface area contributed by atoms with E-state index in [1.54, 1.807) is 43.6 Å². The highest BCUT2D eigenvalue weighted by Crippen LogP contribution is 2.33. The molecule has 0 aliphatic rings. The predicted molar refractivity (Wildman–Crippen MR) is 76.4 cm³/mol. The lowest BCUT2D eigenvalue weighted by Gasteiger charge is -2.19. The highest BCUT2D eigenvalue weighted by molar-refractivity contribution is 6.31. The first-order chi connectivity index (χ1) is 9.17. The smallest absolute Gasteiger partial charge is 0.124 e. The molecule has 1 heterocycles. The molecule has 2 rings (SSSR count). The average molecular weight is 298 g/mol. The molecule has 19 heavy (non-hydrogen) atoms. The van der Waals surface area contributed by atoms with Crippen molar-refractivity contribution < 1.29 is 4.74 Å². The second-order valence-electron chi connectivity index (χ2n) is 3.86. The predicted octanol–water partition coefficient (Wildman–Crippen LogP) is 2.95. The Morgan fingerprint density at radius 2 is 2.11 bits per heavy atom. The molecule has 0 fully saturated rings. The number of nitrogens with two attached hydrogens (primary N) is 1. The second-order valence-corrected chi connectivity index (χ2v) is 4.70. The molecule has 0 spiro atoms. The van der Waals surface area contributed by atoms with E-state index in [2.05, 4.69) is 10.4 Å². The number of methoxy groups -OCH3 is 1. The molecular formula is C13H13Cl2N3O. The van der Waals surface area contributed by atoms with E-state index >= 15 is 0 Å². The Morgan fingerprint density at radius 1 is 1.32 bits per heavy atom. The number of hydrazine groups is 1. The molecule has 1 aromatic carbocycles. The van der Waals surface area contributed by atoms with Crippen LogP contribution in [0, 0.1) is 0 Å². The number of pyridine rings is 1. The van der Waals surface area contributed by atoms with E-state index in [0.29, 0.717) is 21.5 Å². The van der Waals surface area contributed by atoms with Crippen molar-refractivity contribution in [3.05, 3.63) is 57.8 Å². The van der Waals surface area contributed by atoms with E-state index in [4.69, 9.17) is 33.8 Å². The van der Waals surface area contributed by atoms with Gasteiger partial charge in [-0.05, 0) is 30.3 Å². The summed E-state index contributed by atoms with van der Waals surface area (Å²) in [5.74, 6) is 6.29. The fraction of sp³-hybridized carbons (Fsp3) is 0.154. The maximum absolute atomic E-state index is 6.15. The number of benzene rings is 1. The molecule has 2 aromatic rings. The summed E-state index contributed by atoms with van der Waals surface area (Å²) in [5, 5.41) is 1.11. The molecule has 1 aromatic heterocycles. The summed E-state index contributed by atoms with van der Waals surface area (Å²) in [4.78, 5) is 4.26. The molecule has 6 heteroatoms. The van der Waals surface area contributed by atoms with Gasteiger partial charge in [0.15, 0.2) is 0 Å². The van der Waals surface area contributed by atoms with Gasteiger partial charge in [0, 0.05) is 16.8 Å². The molecule has 0 radical (unpaired) electrons. The van der Waals surface area contributed by atoms with E-state index in [9.17, 15) is 0 Å². The lowest BCUT2D eigenvalue weighted by molar-refractivity contribution is 0.404. The average Bonchev–Trinajstić information content (AvgIpc) is 2.42. The maximum Gasteiger partial charge on any atom is 0.124 e. The fourth-order valence-corrected chi connectivity index (χ4v) is 2.27. The minimum absolute atomic E-state index is 0.401. The van der Waals surface area contributed by atoms with E-state index in [1.807, 2.05) is 0 Å². The molecule has 100 valence electrons. The monoisotopic (exact) mass is 297 g/mol. The molecule has 4 nitrogen and oxygen atoms in total. The summed E-state index contributed by atoms with van der Waals surface area (Å²) < 4.78 is 5.32. The van der Waals surface area contributed by atoms with Crippen LogP contribution in [0.2, 0.25) is 10.0 Å². The third-order valence-electron chi connectivity index (χ3n) is 2.73. The Bertz CT molecular complexity index is 578. The van der Waals surface area contributed by atoms with Crippen molar-refractivity contribution in [2.24, 2.45) is 5.84 Å². The number of hydrogen-bond acceptors (Lipinski definition) is 4. The maximum atomic E-state index is 6.15. The van der Waals surface area contributed by atoms with Gasteiger partial charge in [0.2, 0.25) is 0 Å². The molecule has 1 atom stereocenters. The van der Waals surface area contributed by atoms with Gasteiger partial charge in [-0.25, -0.2) is 5.43 Å². The number of ether oxygens (including phenoxy) is 1. The van der Waals surface area contributed by atoms with Gasteiger partial charge in [0.1, 0.15) is 5.75 Å². The quantitative estimate of drug-likeness (QED) is 0.673. The molecule has 0 amide bonds. The first-order valence-corrected chi connectivity index (χ1v) is 6.33. The van der Waals surface area contributed by atoms with Gasteiger partial charge in [0.25, 0.3) is 0 Å². The Morgan fingerprint density at radius 3 is 2.74 bits per heavy atom. The van der Waals surface area contributed by atoms with Gasteiger partial charge in [-0.3, -0.25) is 10.8 Å². The normalized spacial score (nSPS) is 12.2. The first kappa shape index (κ1) is 14.1. The fourth-order valence-electron chi connectivity index (χ4n) is 1.86. The van der Waals surface area contributed by atoms with Gasteiger partial charge in [-0.15, -0.1) is 0 Å². The highest BCUT2D eigenvalue weighted by atomic mass is 35.5. The van der Waals surface area contributed by atoms with Gasteiger partial charge >= 0.3 is 0 Å². The summed E-state index contributed by atoms with van der Waals surface area (Å²) in [6, 6.07) is 8.41. The van der Waals surface area contributed by atoms with Gasteiger partial charge in [-0.1, -0.05) is 23.2 Å². The number of rotatable bonds is 4. The zero-order valence-electron chi connectivity index (χ0n) is 10.2. The summed E-state index contributed by atoms with van der Waals surface area (Å²) in [6.45, 7) is 0. The Kier molecular flexibility index (Phi) is 4.61. The Hall–Kier alpha value is -1.33. The number of halogens is 2. The zero-order valence-corrected chi connectivity index (χ0v) is 11.7. The number of nitrogens with zero attached hydrogens (tertiary/aromatic N) is 1. The van der Waals surface area contributed by atoms with E-state index in [1.165, 1.54) is 0 Å². The van der Waals surface area contributed by atoms with Crippen LogP contribution in [0.15, 0.2) is 36.5 Å². The number of aromatic nitrogens is 1. The van der Waals surface area contributed by atoms with E-state index < -0.39 is 6.04 Å². The van der Waals surface area contributed by atoms with Crippen LogP contribution < -0.4 is 16.0 Å². The van der Waals surface area contributed by atoms with Crippen molar-refractivity contribution in [3.8, 4) is 5.75 Å². The van der Waals surface area contributed by atoms with Crippen molar-refractivity contribution >= 4 is 23.2 Å². The van der Waals surface area contributed by atoms with Crippen LogP contribution in [0.5, 0.6) is 5.75 Å². The third-order valence-corrected chi connectivity index (χ3v) is 3.28. The lowest BCUT2D eigenvalue weighted by Crippen LogP contribution is -2.30. The molecule has 0 saturated carbocycles. The summed E-state index contributed by atoms with van der Waals surface area (Å²) in [6.07, 6.45) is 1.66. The summed E-state index contributed by atoms with van der Waals surface area (Å²) in [7, 11) is 1.58. The van der Waals surface area contributed by atoms with E-state index in [0.717, 1.165) is 5.56 Å². The van der Waals surface area contributed by atoms with Crippen LogP contribution >= 0.6 is 23.2 Å². The zero-order chi connectivity index (χ0) is 13.8. The molecule has 0 bridgehead atoms. The van der Waals surface area contributed by atoms with Gasteiger partial charge in [0.05, 0.1) is 23.9 Å². The van der Waals surface area contributed by atoms with Gasteiger partial charge < -0.3 is 4.74 Å². The topological polar surface area (TPSA) is 60.2 Å². The Balaban J connectivity index is 2.54. The van der Waals surface area contributed by atoms with E-state index in [-0.39, 0.29) is 0 Å². The minimum Gasteiger partial charge on any atom is -0.496 e. The van der Waals surface area contributed by atoms with Crippen LogP contribution in [-0.4, -0.2) is 12.1 Å². The lowest BCUT2D eigenvalue weighted by atomic mass is 10.0. The van der Waals surface area contributed by atoms with Crippen LogP contribution in [0.3, 0.4) is 0 Å². The molecule has 0 aliphatic heterocycles. The first-order valence-electron chi connectivity index (χ1n) is 5.57. The molecule has 0 saturated heterocycles. The number of nitrogens with one attached hydrogen (secondary N) is 1. The third kappa shape index (κ3) is 2.98. The SMILES string of the molecule is COc1ccc(Cl)cc1C(NN)c1ncccc1Cl. The molecule has 1 unspecified atom stereocenters. The van der Waals surface area contributed by atoms with Crippen LogP contribution in [0.25, 0.3) is 0 Å². The van der Waals surface area contributed by atoms with Crippen LogP contribution in [-0.2, 0) is 0 Å². The summed E-state index contributed by atoms with van der Waals surface area (Å²) in [5.41, 5.74) is 4.09. The van der Waals surface area contributed by atoms with Crippen molar-refractivity contribution in [1.29, 1.82) is 0 Å². The van der Waals surface area contributed by atoms with Crippen molar-refractivity contribution in [2.75, 3.05) is 7.11 Å². The molecule has 0 aliphatic carbocycles. The van der Waals surface area contributed by atoms with Gasteiger partial charge in [-0.2, -0.15) is 0 Å². The van der Waals surface area contributed by atoms with Crippen molar-refractivity contribution in [2.45, 2.75) is 6.04 Å². The second kappa shape index (κ2) is 6.21. The largest absolute Gasteiger partial charge is 0.496 e. The Labute approximate surface area is 121 Å².